The predicted octanol–water partition coefficient (Wildman–Crippen LogP) is 1.53. The summed E-state index contributed by atoms with van der Waals surface area (Å²) in [7, 11) is 0. The lowest BCUT2D eigenvalue weighted by Gasteiger charge is -2.07. The van der Waals surface area contributed by atoms with E-state index in [4.69, 9.17) is 0 Å². The summed E-state index contributed by atoms with van der Waals surface area (Å²) in [5.74, 6) is 0.437. The zero-order valence-electron chi connectivity index (χ0n) is 9.98. The van der Waals surface area contributed by atoms with Crippen LogP contribution in [0.3, 0.4) is 0 Å². The largest absolute Gasteiger partial charge is 0.385 e. The molecule has 0 aliphatic heterocycles. The average molecular weight is 232 g/mol. The van der Waals surface area contributed by atoms with E-state index in [1.54, 1.807) is 18.5 Å². The van der Waals surface area contributed by atoms with Crippen molar-refractivity contribution < 1.29 is 5.11 Å². The standard InChI is InChI=1S/C12H16N4O/c1-9(2)16-7-4-10(15-16)8-11(17)12-13-5-3-6-14-12/h3-7,9,11,17H,8H2,1-2H3. The fraction of sp³-hybridized carbons (Fsp3) is 0.417. The van der Waals surface area contributed by atoms with E-state index in [0.717, 1.165) is 5.69 Å². The third-order valence-corrected chi connectivity index (χ3v) is 2.48. The lowest BCUT2D eigenvalue weighted by Crippen LogP contribution is -2.08. The van der Waals surface area contributed by atoms with Gasteiger partial charge in [0.25, 0.3) is 0 Å². The Bertz CT molecular complexity index is 466. The molecule has 90 valence electrons. The highest BCUT2D eigenvalue weighted by Crippen LogP contribution is 2.13. The van der Waals surface area contributed by atoms with E-state index >= 15 is 0 Å². The molecule has 5 nitrogen and oxygen atoms in total. The fourth-order valence-corrected chi connectivity index (χ4v) is 1.55. The van der Waals surface area contributed by atoms with Gasteiger partial charge in [0.2, 0.25) is 0 Å². The van der Waals surface area contributed by atoms with Crippen molar-refractivity contribution in [1.29, 1.82) is 0 Å². The summed E-state index contributed by atoms with van der Waals surface area (Å²) in [4.78, 5) is 8.04. The maximum Gasteiger partial charge on any atom is 0.157 e. The van der Waals surface area contributed by atoms with E-state index in [0.29, 0.717) is 18.3 Å². The molecule has 5 heteroatoms. The van der Waals surface area contributed by atoms with E-state index in [2.05, 4.69) is 28.9 Å². The van der Waals surface area contributed by atoms with Crippen LogP contribution in [0.4, 0.5) is 0 Å². The lowest BCUT2D eigenvalue weighted by atomic mass is 10.2. The van der Waals surface area contributed by atoms with Gasteiger partial charge in [-0.05, 0) is 26.0 Å². The maximum absolute atomic E-state index is 9.95. The minimum Gasteiger partial charge on any atom is -0.385 e. The number of hydrogen-bond donors (Lipinski definition) is 1. The molecule has 1 unspecified atom stereocenters. The summed E-state index contributed by atoms with van der Waals surface area (Å²) in [5.41, 5.74) is 0.846. The van der Waals surface area contributed by atoms with Crippen LogP contribution in [-0.2, 0) is 6.42 Å². The van der Waals surface area contributed by atoms with Gasteiger partial charge in [0.1, 0.15) is 6.10 Å². The van der Waals surface area contributed by atoms with Crippen LogP contribution in [0.5, 0.6) is 0 Å². The van der Waals surface area contributed by atoms with Crippen molar-refractivity contribution in [2.45, 2.75) is 32.4 Å². The van der Waals surface area contributed by atoms with Gasteiger partial charge >= 0.3 is 0 Å². The van der Waals surface area contributed by atoms with Gasteiger partial charge < -0.3 is 5.11 Å². The highest BCUT2D eigenvalue weighted by atomic mass is 16.3. The second kappa shape index (κ2) is 5.05. The topological polar surface area (TPSA) is 63.8 Å². The number of hydrogen-bond acceptors (Lipinski definition) is 4. The van der Waals surface area contributed by atoms with Crippen LogP contribution in [0.15, 0.2) is 30.7 Å². The molecule has 2 heterocycles. The van der Waals surface area contributed by atoms with Crippen molar-refractivity contribution in [1.82, 2.24) is 19.7 Å². The third kappa shape index (κ3) is 2.88. The number of aliphatic hydroxyl groups is 1. The fourth-order valence-electron chi connectivity index (χ4n) is 1.55. The second-order valence-electron chi connectivity index (χ2n) is 4.21. The van der Waals surface area contributed by atoms with Gasteiger partial charge in [-0.1, -0.05) is 0 Å². The molecule has 2 rings (SSSR count). The van der Waals surface area contributed by atoms with Gasteiger partial charge in [-0.2, -0.15) is 5.10 Å². The molecule has 2 aromatic heterocycles. The van der Waals surface area contributed by atoms with Crippen molar-refractivity contribution in [2.75, 3.05) is 0 Å². The highest BCUT2D eigenvalue weighted by molar-refractivity contribution is 5.04. The van der Waals surface area contributed by atoms with Crippen LogP contribution < -0.4 is 0 Å². The number of nitrogens with zero attached hydrogens (tertiary/aromatic N) is 4. The molecule has 0 spiro atoms. The molecule has 0 aromatic carbocycles. The van der Waals surface area contributed by atoms with Crippen LogP contribution in [0.25, 0.3) is 0 Å². The van der Waals surface area contributed by atoms with Gasteiger partial charge in [0, 0.05) is 31.1 Å². The molecule has 0 saturated heterocycles. The third-order valence-electron chi connectivity index (χ3n) is 2.48. The summed E-state index contributed by atoms with van der Waals surface area (Å²) < 4.78 is 1.87. The smallest absolute Gasteiger partial charge is 0.157 e. The molecule has 0 fully saturated rings. The molecule has 0 aliphatic carbocycles. The van der Waals surface area contributed by atoms with Crippen molar-refractivity contribution in [2.24, 2.45) is 0 Å². The van der Waals surface area contributed by atoms with Crippen LogP contribution in [0.2, 0.25) is 0 Å². The summed E-state index contributed by atoms with van der Waals surface area (Å²) in [6, 6.07) is 3.96. The van der Waals surface area contributed by atoms with Gasteiger partial charge in [-0.3, -0.25) is 4.68 Å². The van der Waals surface area contributed by atoms with E-state index in [1.165, 1.54) is 0 Å². The average Bonchev–Trinajstić information content (AvgIpc) is 2.79. The zero-order valence-corrected chi connectivity index (χ0v) is 9.98. The Labute approximate surface area is 100 Å². The van der Waals surface area contributed by atoms with Crippen molar-refractivity contribution in [3.8, 4) is 0 Å². The van der Waals surface area contributed by atoms with Gasteiger partial charge in [0.05, 0.1) is 5.69 Å². The molecule has 1 N–H and O–H groups in total. The quantitative estimate of drug-likeness (QED) is 0.868. The molecule has 0 amide bonds. The molecule has 2 aromatic rings. The van der Waals surface area contributed by atoms with E-state index in [1.807, 2.05) is 16.9 Å². The highest BCUT2D eigenvalue weighted by Gasteiger charge is 2.13. The second-order valence-corrected chi connectivity index (χ2v) is 4.21. The van der Waals surface area contributed by atoms with Crippen LogP contribution in [-0.4, -0.2) is 24.9 Å². The molecule has 0 bridgehead atoms. The Morgan fingerprint density at radius 1 is 1.29 bits per heavy atom. The Balaban J connectivity index is 2.05. The van der Waals surface area contributed by atoms with Crippen LogP contribution >= 0.6 is 0 Å². The lowest BCUT2D eigenvalue weighted by molar-refractivity contribution is 0.166. The molecule has 17 heavy (non-hydrogen) atoms. The monoisotopic (exact) mass is 232 g/mol. The molecule has 1 atom stereocenters. The minimum absolute atomic E-state index is 0.328. The molecule has 0 radical (unpaired) electrons. The van der Waals surface area contributed by atoms with E-state index < -0.39 is 6.10 Å². The van der Waals surface area contributed by atoms with Gasteiger partial charge in [0.15, 0.2) is 5.82 Å². The number of aliphatic hydroxyl groups excluding tert-OH is 1. The predicted molar refractivity (Wildman–Crippen MR) is 63.3 cm³/mol. The van der Waals surface area contributed by atoms with Crippen molar-refractivity contribution in [3.05, 3.63) is 42.2 Å². The maximum atomic E-state index is 9.95. The molecule has 0 saturated carbocycles. The minimum atomic E-state index is -0.702. The first-order valence-electron chi connectivity index (χ1n) is 5.66. The SMILES string of the molecule is CC(C)n1ccc(CC(O)c2ncccn2)n1. The number of aromatic nitrogens is 4. The number of rotatable bonds is 4. The van der Waals surface area contributed by atoms with Crippen LogP contribution in [0, 0.1) is 0 Å². The molecular weight excluding hydrogens is 216 g/mol. The summed E-state index contributed by atoms with van der Waals surface area (Å²) in [6.07, 6.45) is 4.89. The molecular formula is C12H16N4O. The Morgan fingerprint density at radius 2 is 2.00 bits per heavy atom. The molecule has 0 aliphatic rings. The summed E-state index contributed by atoms with van der Waals surface area (Å²) in [5, 5.41) is 14.3. The summed E-state index contributed by atoms with van der Waals surface area (Å²) >= 11 is 0. The van der Waals surface area contributed by atoms with Crippen molar-refractivity contribution >= 4 is 0 Å². The normalized spacial score (nSPS) is 12.9. The van der Waals surface area contributed by atoms with E-state index in [-0.39, 0.29) is 0 Å². The van der Waals surface area contributed by atoms with E-state index in [9.17, 15) is 5.11 Å². The van der Waals surface area contributed by atoms with Crippen LogP contribution in [0.1, 0.15) is 37.5 Å². The zero-order chi connectivity index (χ0) is 12.3. The van der Waals surface area contributed by atoms with Gasteiger partial charge in [-0.25, -0.2) is 9.97 Å². The first-order chi connectivity index (χ1) is 8.16. The van der Waals surface area contributed by atoms with Gasteiger partial charge in [-0.15, -0.1) is 0 Å². The Kier molecular flexibility index (Phi) is 3.49. The first kappa shape index (κ1) is 11.7. The summed E-state index contributed by atoms with van der Waals surface area (Å²) in [6.45, 7) is 4.13. The van der Waals surface area contributed by atoms with Crippen molar-refractivity contribution in [3.63, 3.8) is 0 Å². The Morgan fingerprint density at radius 3 is 2.59 bits per heavy atom. The Hall–Kier alpha value is -1.75. The first-order valence-corrected chi connectivity index (χ1v) is 5.66.